The molecule has 3 unspecified atom stereocenters. The van der Waals surface area contributed by atoms with Gasteiger partial charge < -0.3 is 0 Å². The van der Waals surface area contributed by atoms with Gasteiger partial charge in [0.2, 0.25) is 0 Å². The first-order valence-corrected chi connectivity index (χ1v) is 7.27. The molecule has 1 aliphatic carbocycles. The summed E-state index contributed by atoms with van der Waals surface area (Å²) < 4.78 is 0. The van der Waals surface area contributed by atoms with Crippen LogP contribution in [0.25, 0.3) is 0 Å². The second-order valence-corrected chi connectivity index (χ2v) is 5.67. The molecule has 1 aliphatic rings. The van der Waals surface area contributed by atoms with Crippen molar-refractivity contribution in [3.8, 4) is 0 Å². The predicted octanol–water partition coefficient (Wildman–Crippen LogP) is 5.42. The number of hydrogen-bond donors (Lipinski definition) is 0. The zero-order valence-electron chi connectivity index (χ0n) is 11.1. The topological polar surface area (TPSA) is 0 Å². The molecule has 0 radical (unpaired) electrons. The highest BCUT2D eigenvalue weighted by atomic mass is 14.3. The van der Waals surface area contributed by atoms with E-state index in [-0.39, 0.29) is 0 Å². The molecule has 0 bridgehead atoms. The first-order valence-electron chi connectivity index (χ1n) is 7.27. The van der Waals surface area contributed by atoms with E-state index in [9.17, 15) is 0 Å². The van der Waals surface area contributed by atoms with Crippen molar-refractivity contribution >= 4 is 0 Å². The van der Waals surface area contributed by atoms with Gasteiger partial charge in [0.1, 0.15) is 0 Å². The summed E-state index contributed by atoms with van der Waals surface area (Å²) in [7, 11) is 0. The Morgan fingerprint density at radius 1 is 1.07 bits per heavy atom. The molecule has 0 heteroatoms. The SMILES string of the molecule is CCCCCCC1CCC(C(C)CC)C1. The third kappa shape index (κ3) is 4.57. The molecule has 1 fully saturated rings. The average molecular weight is 210 g/mol. The van der Waals surface area contributed by atoms with Crippen molar-refractivity contribution in [2.24, 2.45) is 17.8 Å². The maximum atomic E-state index is 2.45. The van der Waals surface area contributed by atoms with Crippen LogP contribution in [0.15, 0.2) is 0 Å². The lowest BCUT2D eigenvalue weighted by atomic mass is 9.89. The van der Waals surface area contributed by atoms with E-state index in [1.165, 1.54) is 51.4 Å². The van der Waals surface area contributed by atoms with Gasteiger partial charge in [-0.25, -0.2) is 0 Å². The summed E-state index contributed by atoms with van der Waals surface area (Å²) in [6, 6.07) is 0. The smallest absolute Gasteiger partial charge is 0.0386 e. The second-order valence-electron chi connectivity index (χ2n) is 5.67. The Labute approximate surface area is 96.8 Å². The van der Waals surface area contributed by atoms with E-state index in [0.717, 1.165) is 17.8 Å². The van der Waals surface area contributed by atoms with Crippen LogP contribution in [-0.2, 0) is 0 Å². The van der Waals surface area contributed by atoms with Gasteiger partial charge in [0.05, 0.1) is 0 Å². The molecule has 0 aromatic heterocycles. The van der Waals surface area contributed by atoms with Gasteiger partial charge in [-0.2, -0.15) is 0 Å². The minimum absolute atomic E-state index is 0.977. The number of unbranched alkanes of at least 4 members (excludes halogenated alkanes) is 3. The summed E-state index contributed by atoms with van der Waals surface area (Å²) in [5, 5.41) is 0. The van der Waals surface area contributed by atoms with Crippen molar-refractivity contribution in [1.29, 1.82) is 0 Å². The molecule has 0 nitrogen and oxygen atoms in total. The number of rotatable bonds is 7. The van der Waals surface area contributed by atoms with Crippen molar-refractivity contribution in [3.63, 3.8) is 0 Å². The lowest BCUT2D eigenvalue weighted by Gasteiger charge is -2.17. The van der Waals surface area contributed by atoms with Crippen LogP contribution in [0.4, 0.5) is 0 Å². The first-order chi connectivity index (χ1) is 7.27. The highest BCUT2D eigenvalue weighted by molar-refractivity contribution is 4.78. The van der Waals surface area contributed by atoms with E-state index in [0.29, 0.717) is 0 Å². The largest absolute Gasteiger partial charge is 0.0654 e. The molecule has 0 heterocycles. The Morgan fingerprint density at radius 2 is 1.87 bits per heavy atom. The van der Waals surface area contributed by atoms with E-state index < -0.39 is 0 Å². The standard InChI is InChI=1S/C15H30/c1-4-6-7-8-9-14-10-11-15(12-14)13(3)5-2/h13-15H,4-12H2,1-3H3. The molecule has 0 aromatic carbocycles. The van der Waals surface area contributed by atoms with Crippen LogP contribution in [0.2, 0.25) is 0 Å². The summed E-state index contributed by atoms with van der Waals surface area (Å²) in [5.74, 6) is 3.12. The van der Waals surface area contributed by atoms with Crippen molar-refractivity contribution in [2.75, 3.05) is 0 Å². The summed E-state index contributed by atoms with van der Waals surface area (Å²) in [6.07, 6.45) is 13.3. The third-order valence-corrected chi connectivity index (χ3v) is 4.50. The van der Waals surface area contributed by atoms with Crippen LogP contribution in [0.1, 0.15) is 78.6 Å². The molecular formula is C15H30. The van der Waals surface area contributed by atoms with E-state index in [1.54, 1.807) is 6.42 Å². The predicted molar refractivity (Wildman–Crippen MR) is 69.0 cm³/mol. The minimum atomic E-state index is 0.977. The van der Waals surface area contributed by atoms with Crippen LogP contribution in [0.3, 0.4) is 0 Å². The summed E-state index contributed by atoms with van der Waals surface area (Å²) >= 11 is 0. The van der Waals surface area contributed by atoms with Gasteiger partial charge in [-0.15, -0.1) is 0 Å². The second kappa shape index (κ2) is 7.30. The Morgan fingerprint density at radius 3 is 2.53 bits per heavy atom. The van der Waals surface area contributed by atoms with Gasteiger partial charge in [-0.05, 0) is 30.6 Å². The fourth-order valence-electron chi connectivity index (χ4n) is 3.09. The van der Waals surface area contributed by atoms with Crippen LogP contribution < -0.4 is 0 Å². The molecular weight excluding hydrogens is 180 g/mol. The van der Waals surface area contributed by atoms with Crippen LogP contribution in [0.5, 0.6) is 0 Å². The molecule has 0 amide bonds. The molecule has 3 atom stereocenters. The molecule has 1 rings (SSSR count). The molecule has 90 valence electrons. The molecule has 0 N–H and O–H groups in total. The van der Waals surface area contributed by atoms with Gasteiger partial charge >= 0.3 is 0 Å². The van der Waals surface area contributed by atoms with Crippen LogP contribution in [0, 0.1) is 17.8 Å². The zero-order valence-corrected chi connectivity index (χ0v) is 11.1. The number of hydrogen-bond acceptors (Lipinski definition) is 0. The van der Waals surface area contributed by atoms with Crippen molar-refractivity contribution in [1.82, 2.24) is 0 Å². The van der Waals surface area contributed by atoms with Gasteiger partial charge in [0.25, 0.3) is 0 Å². The van der Waals surface area contributed by atoms with Gasteiger partial charge in [0.15, 0.2) is 0 Å². The Balaban J connectivity index is 2.08. The Bertz CT molecular complexity index is 150. The molecule has 0 aromatic rings. The minimum Gasteiger partial charge on any atom is -0.0654 e. The average Bonchev–Trinajstić information content (AvgIpc) is 2.72. The van der Waals surface area contributed by atoms with Gasteiger partial charge in [-0.1, -0.05) is 65.7 Å². The van der Waals surface area contributed by atoms with E-state index >= 15 is 0 Å². The fourth-order valence-corrected chi connectivity index (χ4v) is 3.09. The van der Waals surface area contributed by atoms with Crippen molar-refractivity contribution in [2.45, 2.75) is 78.6 Å². The van der Waals surface area contributed by atoms with E-state index in [1.807, 2.05) is 0 Å². The first kappa shape index (κ1) is 13.1. The maximum Gasteiger partial charge on any atom is -0.0386 e. The highest BCUT2D eigenvalue weighted by Gasteiger charge is 2.27. The summed E-state index contributed by atoms with van der Waals surface area (Å²) in [5.41, 5.74) is 0. The molecule has 15 heavy (non-hydrogen) atoms. The molecule has 0 aliphatic heterocycles. The molecule has 0 saturated heterocycles. The summed E-state index contributed by atoms with van der Waals surface area (Å²) in [4.78, 5) is 0. The zero-order chi connectivity index (χ0) is 11.1. The Kier molecular flexibility index (Phi) is 6.36. The maximum absolute atomic E-state index is 2.45. The van der Waals surface area contributed by atoms with E-state index in [2.05, 4.69) is 20.8 Å². The molecule has 1 saturated carbocycles. The van der Waals surface area contributed by atoms with Crippen molar-refractivity contribution < 1.29 is 0 Å². The quantitative estimate of drug-likeness (QED) is 0.492. The van der Waals surface area contributed by atoms with Gasteiger partial charge in [-0.3, -0.25) is 0 Å². The van der Waals surface area contributed by atoms with E-state index in [4.69, 9.17) is 0 Å². The lowest BCUT2D eigenvalue weighted by molar-refractivity contribution is 0.338. The highest BCUT2D eigenvalue weighted by Crippen LogP contribution is 2.39. The van der Waals surface area contributed by atoms with Crippen molar-refractivity contribution in [3.05, 3.63) is 0 Å². The monoisotopic (exact) mass is 210 g/mol. The van der Waals surface area contributed by atoms with Crippen LogP contribution >= 0.6 is 0 Å². The fraction of sp³-hybridized carbons (Fsp3) is 1.00. The molecule has 0 spiro atoms. The van der Waals surface area contributed by atoms with Crippen LogP contribution in [-0.4, -0.2) is 0 Å². The van der Waals surface area contributed by atoms with Gasteiger partial charge in [0, 0.05) is 0 Å². The third-order valence-electron chi connectivity index (χ3n) is 4.50. The lowest BCUT2D eigenvalue weighted by Crippen LogP contribution is -2.07. The normalized spacial score (nSPS) is 28.2. The Hall–Kier alpha value is 0. The summed E-state index contributed by atoms with van der Waals surface area (Å²) in [6.45, 7) is 7.10.